The van der Waals surface area contributed by atoms with Gasteiger partial charge in [0.1, 0.15) is 6.10 Å². The predicted octanol–water partition coefficient (Wildman–Crippen LogP) is 3.00. The van der Waals surface area contributed by atoms with Crippen LogP contribution in [0, 0.1) is 18.6 Å². The maximum absolute atomic E-state index is 13.8. The van der Waals surface area contributed by atoms with E-state index in [1.807, 2.05) is 0 Å². The number of esters is 1. The van der Waals surface area contributed by atoms with Gasteiger partial charge in [-0.15, -0.1) is 0 Å². The molecule has 4 atom stereocenters. The van der Waals surface area contributed by atoms with E-state index in [0.29, 0.717) is 6.92 Å². The summed E-state index contributed by atoms with van der Waals surface area (Å²) in [5, 5.41) is 10.3. The van der Waals surface area contributed by atoms with E-state index in [1.54, 1.807) is 0 Å². The molecule has 0 aliphatic carbocycles. The molecule has 0 saturated carbocycles. The molecule has 0 bridgehead atoms. The second kappa shape index (κ2) is 6.53. The fraction of sp³-hybridized carbons (Fsp3) is 0.562. The Labute approximate surface area is 140 Å². The van der Waals surface area contributed by atoms with E-state index >= 15 is 0 Å². The number of carbonyl (C=O) groups excluding carboxylic acids is 1. The van der Waals surface area contributed by atoms with Crippen molar-refractivity contribution in [3.63, 3.8) is 0 Å². The van der Waals surface area contributed by atoms with Crippen LogP contribution < -0.4 is 0 Å². The second-order valence-electron chi connectivity index (χ2n) is 5.94. The van der Waals surface area contributed by atoms with Crippen LogP contribution in [0.2, 0.25) is 0 Å². The highest BCUT2D eigenvalue weighted by atomic mass is 19.4. The first-order valence-electron chi connectivity index (χ1n) is 7.49. The molecule has 4 nitrogen and oxygen atoms in total. The van der Waals surface area contributed by atoms with Gasteiger partial charge in [-0.25, -0.2) is 13.6 Å². The predicted molar refractivity (Wildman–Crippen MR) is 75.8 cm³/mol. The van der Waals surface area contributed by atoms with Crippen LogP contribution in [0.5, 0.6) is 0 Å². The Hall–Kier alpha value is -1.74. The number of hydrogen-bond donors (Lipinski definition) is 1. The number of halogens is 5. The van der Waals surface area contributed by atoms with Gasteiger partial charge in [-0.1, -0.05) is 6.07 Å². The van der Waals surface area contributed by atoms with Crippen molar-refractivity contribution in [2.75, 3.05) is 6.61 Å². The van der Waals surface area contributed by atoms with Gasteiger partial charge in [0.2, 0.25) is 0 Å². The highest BCUT2D eigenvalue weighted by molar-refractivity contribution is 5.77. The van der Waals surface area contributed by atoms with Gasteiger partial charge < -0.3 is 14.6 Å². The molecule has 1 aromatic carbocycles. The summed E-state index contributed by atoms with van der Waals surface area (Å²) < 4.78 is 76.9. The molecule has 1 aliphatic rings. The summed E-state index contributed by atoms with van der Waals surface area (Å²) in [5.74, 6) is -5.15. The summed E-state index contributed by atoms with van der Waals surface area (Å²) in [6, 6.07) is 1.75. The van der Waals surface area contributed by atoms with E-state index in [4.69, 9.17) is 9.47 Å². The van der Waals surface area contributed by atoms with Gasteiger partial charge in [-0.3, -0.25) is 0 Å². The molecular weight excluding hydrogens is 351 g/mol. The number of hydrogen-bond acceptors (Lipinski definition) is 4. The first kappa shape index (κ1) is 19.6. The second-order valence-corrected chi connectivity index (χ2v) is 5.94. The topological polar surface area (TPSA) is 55.8 Å². The molecular formula is C16H17F5O4. The zero-order valence-corrected chi connectivity index (χ0v) is 13.7. The van der Waals surface area contributed by atoms with Crippen molar-refractivity contribution in [3.8, 4) is 0 Å². The van der Waals surface area contributed by atoms with Crippen molar-refractivity contribution in [2.24, 2.45) is 0 Å². The van der Waals surface area contributed by atoms with E-state index in [-0.39, 0.29) is 17.7 Å². The summed E-state index contributed by atoms with van der Waals surface area (Å²) in [6.07, 6.45) is -9.03. The highest BCUT2D eigenvalue weighted by Gasteiger charge is 2.67. The molecule has 1 aromatic rings. The summed E-state index contributed by atoms with van der Waals surface area (Å²) in [7, 11) is 0. The number of benzene rings is 1. The zero-order chi connectivity index (χ0) is 19.2. The van der Waals surface area contributed by atoms with Crippen LogP contribution in [0.3, 0.4) is 0 Å². The molecule has 0 spiro atoms. The van der Waals surface area contributed by atoms with Gasteiger partial charge in [-0.05, 0) is 38.0 Å². The van der Waals surface area contributed by atoms with Gasteiger partial charge in [0.15, 0.2) is 23.3 Å². The van der Waals surface area contributed by atoms with E-state index in [9.17, 15) is 31.9 Å². The number of alkyl halides is 3. The molecule has 0 radical (unpaired) electrons. The van der Waals surface area contributed by atoms with Crippen molar-refractivity contribution in [3.05, 3.63) is 34.9 Å². The Morgan fingerprint density at radius 2 is 1.96 bits per heavy atom. The monoisotopic (exact) mass is 368 g/mol. The van der Waals surface area contributed by atoms with E-state index in [1.165, 1.54) is 6.92 Å². The molecule has 2 rings (SSSR count). The van der Waals surface area contributed by atoms with Crippen LogP contribution in [0.25, 0.3) is 0 Å². The van der Waals surface area contributed by atoms with Gasteiger partial charge in [0, 0.05) is 0 Å². The van der Waals surface area contributed by atoms with Crippen molar-refractivity contribution < 1.29 is 41.3 Å². The lowest BCUT2D eigenvalue weighted by atomic mass is 9.82. The van der Waals surface area contributed by atoms with Crippen LogP contribution in [-0.2, 0) is 14.3 Å². The molecule has 1 fully saturated rings. The number of rotatable bonds is 3. The molecule has 9 heteroatoms. The molecule has 1 saturated heterocycles. The largest absolute Gasteiger partial charge is 0.464 e. The Morgan fingerprint density at radius 1 is 1.36 bits per heavy atom. The summed E-state index contributed by atoms with van der Waals surface area (Å²) >= 11 is 0. The molecule has 25 heavy (non-hydrogen) atoms. The average molecular weight is 368 g/mol. The fourth-order valence-electron chi connectivity index (χ4n) is 2.93. The minimum atomic E-state index is -5.00. The van der Waals surface area contributed by atoms with E-state index in [2.05, 4.69) is 0 Å². The van der Waals surface area contributed by atoms with Crippen molar-refractivity contribution in [2.45, 2.75) is 50.7 Å². The molecule has 0 unspecified atom stereocenters. The third-order valence-corrected chi connectivity index (χ3v) is 4.42. The quantitative estimate of drug-likeness (QED) is 0.658. The Morgan fingerprint density at radius 3 is 2.48 bits per heavy atom. The highest BCUT2D eigenvalue weighted by Crippen LogP contribution is 2.50. The standard InChI is InChI=1S/C16H17F5O4/c1-4-24-14(23)12-10(8-5-6-9(17)11(18)7(8)2)13(22)15(3,25-12)16(19,20)21/h5-6,10,12-13,22H,4H2,1-3H3/t10-,12-,13-,15+/m0/s1. The van der Waals surface area contributed by atoms with Crippen LogP contribution in [-0.4, -0.2) is 41.7 Å². The van der Waals surface area contributed by atoms with Gasteiger partial charge in [-0.2, -0.15) is 13.2 Å². The van der Waals surface area contributed by atoms with Crippen LogP contribution in [0.1, 0.15) is 30.9 Å². The molecule has 1 heterocycles. The molecule has 0 amide bonds. The zero-order valence-electron chi connectivity index (χ0n) is 13.7. The Balaban J connectivity index is 2.59. The van der Waals surface area contributed by atoms with Crippen LogP contribution >= 0.6 is 0 Å². The van der Waals surface area contributed by atoms with Crippen molar-refractivity contribution in [1.29, 1.82) is 0 Å². The number of carbonyl (C=O) groups is 1. The van der Waals surface area contributed by atoms with Gasteiger partial charge >= 0.3 is 12.1 Å². The lowest BCUT2D eigenvalue weighted by Crippen LogP contribution is -2.51. The van der Waals surface area contributed by atoms with Crippen molar-refractivity contribution >= 4 is 5.97 Å². The lowest BCUT2D eigenvalue weighted by Gasteiger charge is -2.30. The summed E-state index contributed by atoms with van der Waals surface area (Å²) in [4.78, 5) is 12.1. The van der Waals surface area contributed by atoms with Gasteiger partial charge in [0.05, 0.1) is 12.5 Å². The first-order chi connectivity index (χ1) is 11.5. The summed E-state index contributed by atoms with van der Waals surface area (Å²) in [6.45, 7) is 3.07. The third kappa shape index (κ3) is 3.10. The lowest BCUT2D eigenvalue weighted by molar-refractivity contribution is -0.282. The minimum Gasteiger partial charge on any atom is -0.464 e. The third-order valence-electron chi connectivity index (χ3n) is 4.42. The Bertz CT molecular complexity index is 675. The average Bonchev–Trinajstić information content (AvgIpc) is 2.79. The smallest absolute Gasteiger partial charge is 0.419 e. The first-order valence-corrected chi connectivity index (χ1v) is 7.49. The Kier molecular flexibility index (Phi) is 5.11. The summed E-state index contributed by atoms with van der Waals surface area (Å²) in [5.41, 5.74) is -3.53. The number of aliphatic hydroxyl groups excluding tert-OH is 1. The van der Waals surface area contributed by atoms with E-state index < -0.39 is 47.5 Å². The van der Waals surface area contributed by atoms with Crippen molar-refractivity contribution in [1.82, 2.24) is 0 Å². The normalized spacial score (nSPS) is 29.7. The molecule has 0 aromatic heterocycles. The van der Waals surface area contributed by atoms with Gasteiger partial charge in [0.25, 0.3) is 0 Å². The number of aliphatic hydroxyl groups is 1. The SMILES string of the molecule is CCOC(=O)[C@H]1O[C@@](C)(C(F)(F)F)[C@@H](O)[C@H]1c1ccc(F)c(F)c1C. The van der Waals surface area contributed by atoms with Crippen LogP contribution in [0.4, 0.5) is 22.0 Å². The minimum absolute atomic E-state index is 0.124. The maximum Gasteiger partial charge on any atom is 0.419 e. The number of ether oxygens (including phenoxy) is 2. The maximum atomic E-state index is 13.8. The molecule has 1 aliphatic heterocycles. The fourth-order valence-corrected chi connectivity index (χ4v) is 2.93. The molecule has 1 N–H and O–H groups in total. The molecule has 140 valence electrons. The van der Waals surface area contributed by atoms with E-state index in [0.717, 1.165) is 19.1 Å². The van der Waals surface area contributed by atoms with Crippen LogP contribution in [0.15, 0.2) is 12.1 Å².